The number of nitriles is 3. The van der Waals surface area contributed by atoms with Gasteiger partial charge in [-0.2, -0.15) is 15.8 Å². The fourth-order valence-electron chi connectivity index (χ4n) is 15.9. The topological polar surface area (TPSA) is 308 Å². The van der Waals surface area contributed by atoms with Gasteiger partial charge in [0, 0.05) is 145 Å². The fourth-order valence-corrected chi connectivity index (χ4v) is 15.9. The number of halogens is 3. The molecule has 1 unspecified atom stereocenters. The van der Waals surface area contributed by atoms with Crippen molar-refractivity contribution in [3.63, 3.8) is 0 Å². The highest BCUT2D eigenvalue weighted by Gasteiger charge is 2.48. The van der Waals surface area contributed by atoms with E-state index in [1.165, 1.54) is 25.2 Å². The molecule has 18 rings (SSSR count). The normalized spacial score (nSPS) is 17.2. The highest BCUT2D eigenvalue weighted by atomic mass is 19.3. The fraction of sp³-hybridized carbons (Fsp3) is 0.319. The Balaban J connectivity index is 0.000000135. The Hall–Kier alpha value is -12.9. The number of benzene rings is 6. The number of esters is 1. The molecule has 25 nitrogen and oxygen atoms in total. The molecule has 0 spiro atoms. The first kappa shape index (κ1) is 80.0. The molecule has 12 heterocycles. The molecule has 12 aromatic rings. The molecule has 1 amide bonds. The third kappa shape index (κ3) is 17.6. The minimum Gasteiger partial charge on any atom is -0.495 e. The first-order valence-electron chi connectivity index (χ1n) is 39.7. The number of nitrogens with one attached hydrogen (secondary N) is 3. The summed E-state index contributed by atoms with van der Waals surface area (Å²) in [6.07, 6.45) is 5.84. The van der Waals surface area contributed by atoms with E-state index in [2.05, 4.69) is 93.1 Å². The van der Waals surface area contributed by atoms with Crippen LogP contribution in [0.15, 0.2) is 170 Å². The molecule has 6 fully saturated rings. The highest BCUT2D eigenvalue weighted by molar-refractivity contribution is 6.00. The summed E-state index contributed by atoms with van der Waals surface area (Å²) in [6, 6.07) is 55.1. The second-order valence-corrected chi connectivity index (χ2v) is 29.8. The molecule has 6 aromatic heterocycles. The molecule has 6 aliphatic rings. The molecular formula is C91H86F3N13O12. The summed E-state index contributed by atoms with van der Waals surface area (Å²) >= 11 is 0. The molecule has 6 aromatic carbocycles. The van der Waals surface area contributed by atoms with Gasteiger partial charge in [-0.3, -0.25) is 14.7 Å². The number of methoxy groups -OCH3 is 2. The van der Waals surface area contributed by atoms with Gasteiger partial charge in [-0.05, 0) is 125 Å². The maximum Gasteiger partial charge on any atom is 0.337 e. The quantitative estimate of drug-likeness (QED) is 0.0580. The zero-order valence-corrected chi connectivity index (χ0v) is 65.6. The van der Waals surface area contributed by atoms with Crippen LogP contribution in [0.3, 0.4) is 0 Å². The van der Waals surface area contributed by atoms with E-state index in [0.717, 1.165) is 167 Å². The molecular weight excluding hydrogens is 1520 g/mol. The van der Waals surface area contributed by atoms with Crippen LogP contribution in [0, 0.1) is 39.8 Å². The highest BCUT2D eigenvalue weighted by Crippen LogP contribution is 2.42. The number of H-pyrrole nitrogens is 3. The Bertz CT molecular complexity index is 5810. The number of piperazine rings is 1. The van der Waals surface area contributed by atoms with Crippen LogP contribution < -0.4 is 28.7 Å². The number of fused-ring (bicyclic) bond motifs is 3. The minimum absolute atomic E-state index is 0.0000680. The number of hydrogen-bond acceptors (Lipinski definition) is 21. The lowest BCUT2D eigenvalue weighted by Gasteiger charge is -2.43. The van der Waals surface area contributed by atoms with Crippen molar-refractivity contribution in [3.05, 3.63) is 198 Å². The monoisotopic (exact) mass is 1610 g/mol. The number of likely N-dealkylation sites (tertiary alicyclic amines) is 1. The standard InChI is InChI=1S/C34H34F2N6O4.C30H29FN4O4.C27H23N3O4/c35-34(36)21-42(33(44)18-43)9-8-32(34)46-31-17-38-30(14-23(31)16-37)26-2-1-3-28-27(26)15-29(39-28)22-4-6-24(7-5-22)40-10-12-41(13-11-40)25-19-45-20-25;1-36-28-15-19(2-4-26(28)35-8-12-38-13-9-35)25-16-23-29(24(31)18-33-30(23)34-25)20-3-5-27(21(14-20)17-32)39-22-6-10-37-11-7-22;1-32-27(31)18-4-2-17(3-5-18)24-15-23-22(8-11-29-26(23)30-24)19-6-7-25(20(14-19)16-28)34-21-9-12-33-13-10-21/h1-7,14-15,17,25,32,39,43H,8-13,18-21H2;2-5,14-16,18,22H,6-13H2,1H3,(H,33,34);2-8,11,14-15,21H,9-10,12-13H2,1H3,(H,29,30). The van der Waals surface area contributed by atoms with Crippen LogP contribution in [0.4, 0.5) is 24.5 Å². The van der Waals surface area contributed by atoms with E-state index < -0.39 is 36.9 Å². The predicted octanol–water partition coefficient (Wildman–Crippen LogP) is 14.3. The molecule has 6 saturated heterocycles. The smallest absolute Gasteiger partial charge is 0.337 e. The number of hydrogen-bond donors (Lipinski definition) is 4. The van der Waals surface area contributed by atoms with Gasteiger partial charge in [0.1, 0.15) is 71.4 Å². The van der Waals surface area contributed by atoms with E-state index in [0.29, 0.717) is 102 Å². The average molecular weight is 1610 g/mol. The van der Waals surface area contributed by atoms with Gasteiger partial charge in [0.25, 0.3) is 0 Å². The summed E-state index contributed by atoms with van der Waals surface area (Å²) in [6.45, 7) is 9.67. The Morgan fingerprint density at radius 3 is 1.78 bits per heavy atom. The lowest BCUT2D eigenvalue weighted by molar-refractivity contribution is -0.161. The number of aliphatic hydroxyl groups excluding tert-OH is 1. The van der Waals surface area contributed by atoms with Crippen molar-refractivity contribution in [3.8, 4) is 108 Å². The van der Waals surface area contributed by atoms with E-state index in [-0.39, 0.29) is 42.5 Å². The summed E-state index contributed by atoms with van der Waals surface area (Å²) in [5, 5.41) is 41.0. The molecule has 6 aliphatic heterocycles. The third-order valence-electron chi connectivity index (χ3n) is 22.5. The van der Waals surface area contributed by atoms with Crippen molar-refractivity contribution in [2.75, 3.05) is 136 Å². The number of nitrogens with zero attached hydrogens (tertiary/aromatic N) is 10. The number of rotatable bonds is 18. The van der Waals surface area contributed by atoms with Gasteiger partial charge in [0.05, 0.1) is 126 Å². The number of morpholine rings is 1. The molecule has 0 saturated carbocycles. The number of carbonyl (C=O) groups is 2. The molecule has 608 valence electrons. The summed E-state index contributed by atoms with van der Waals surface area (Å²) in [7, 11) is 3.02. The first-order valence-corrected chi connectivity index (χ1v) is 39.7. The largest absolute Gasteiger partial charge is 0.495 e. The maximum atomic E-state index is 15.3. The van der Waals surface area contributed by atoms with Crippen LogP contribution in [0.2, 0.25) is 0 Å². The van der Waals surface area contributed by atoms with E-state index >= 15 is 4.39 Å². The number of anilines is 2. The Morgan fingerprint density at radius 2 is 1.14 bits per heavy atom. The molecule has 1 atom stereocenters. The molecule has 4 N–H and O–H groups in total. The number of amides is 1. The second kappa shape index (κ2) is 35.9. The van der Waals surface area contributed by atoms with Crippen molar-refractivity contribution in [2.45, 2.75) is 62.4 Å². The number of aromatic nitrogens is 6. The predicted molar refractivity (Wildman–Crippen MR) is 441 cm³/mol. The molecule has 119 heavy (non-hydrogen) atoms. The summed E-state index contributed by atoms with van der Waals surface area (Å²) in [5.41, 5.74) is 15.5. The van der Waals surface area contributed by atoms with Crippen LogP contribution in [-0.4, -0.2) is 213 Å². The van der Waals surface area contributed by atoms with E-state index in [9.17, 15) is 34.2 Å². The zero-order valence-electron chi connectivity index (χ0n) is 65.6. The SMILES string of the molecule is COC(=O)c1ccc(-c2cc3c(-c4ccc(OC5CCOCC5)c(C#N)c4)ccnc3[nH]2)cc1.COc1cc(-c2cc3c(-c4ccc(OC5CCOCC5)c(C#N)c4)c(F)cnc3[nH]2)ccc1N1CCOCC1.N#Cc1cc(-c2cccc3[nH]c(-c4ccc(N5CCN(C6COC6)CC5)cc4)cc23)ncc1OC1CCN(C(=O)CO)CC1(F)F. The van der Waals surface area contributed by atoms with Gasteiger partial charge >= 0.3 is 11.9 Å². The Morgan fingerprint density at radius 1 is 0.546 bits per heavy atom. The van der Waals surface area contributed by atoms with Crippen LogP contribution >= 0.6 is 0 Å². The first-order chi connectivity index (χ1) is 58.1. The van der Waals surface area contributed by atoms with E-state index in [1.807, 2.05) is 84.9 Å². The Labute approximate surface area is 683 Å². The molecule has 0 bridgehead atoms. The second-order valence-electron chi connectivity index (χ2n) is 29.8. The van der Waals surface area contributed by atoms with Crippen LogP contribution in [0.25, 0.3) is 100 Å². The molecule has 0 aliphatic carbocycles. The summed E-state index contributed by atoms with van der Waals surface area (Å²) in [4.78, 5) is 55.0. The van der Waals surface area contributed by atoms with Gasteiger partial charge < -0.3 is 77.4 Å². The Kier molecular flexibility index (Phi) is 24.1. The zero-order chi connectivity index (χ0) is 82.1. The maximum absolute atomic E-state index is 15.3. The van der Waals surface area contributed by atoms with Crippen LogP contribution in [0.1, 0.15) is 59.2 Å². The number of aliphatic hydroxyl groups is 1. The number of ether oxygens (including phenoxy) is 9. The van der Waals surface area contributed by atoms with Crippen molar-refractivity contribution in [1.29, 1.82) is 15.8 Å². The van der Waals surface area contributed by atoms with Crippen molar-refractivity contribution < 1.29 is 70.5 Å². The van der Waals surface area contributed by atoms with Crippen molar-refractivity contribution in [2.24, 2.45) is 0 Å². The van der Waals surface area contributed by atoms with Crippen molar-refractivity contribution in [1.82, 2.24) is 39.7 Å². The van der Waals surface area contributed by atoms with Gasteiger partial charge in [-0.1, -0.05) is 54.6 Å². The van der Waals surface area contributed by atoms with Crippen LogP contribution in [-0.2, 0) is 28.5 Å². The summed E-state index contributed by atoms with van der Waals surface area (Å²) < 4.78 is 94.9. The molecule has 28 heteroatoms. The molecule has 0 radical (unpaired) electrons. The number of pyridine rings is 3. The van der Waals surface area contributed by atoms with Gasteiger partial charge in [-0.15, -0.1) is 0 Å². The van der Waals surface area contributed by atoms with Gasteiger partial charge in [0.2, 0.25) is 5.91 Å². The van der Waals surface area contributed by atoms with Crippen LogP contribution in [0.5, 0.6) is 23.0 Å². The van der Waals surface area contributed by atoms with E-state index in [1.54, 1.807) is 49.7 Å². The summed E-state index contributed by atoms with van der Waals surface area (Å²) in [5.74, 6) is -3.14. The van der Waals surface area contributed by atoms with E-state index in [4.69, 9.17) is 47.7 Å². The van der Waals surface area contributed by atoms with Crippen molar-refractivity contribution >= 4 is 56.2 Å². The van der Waals surface area contributed by atoms with Gasteiger partial charge in [-0.25, -0.2) is 27.9 Å². The lowest BCUT2D eigenvalue weighted by Crippen LogP contribution is -2.56. The average Bonchev–Trinajstić information content (AvgIpc) is 1.65. The number of carbonyl (C=O) groups excluding carboxylic acids is 2. The minimum atomic E-state index is -3.36. The number of aromatic amines is 3. The number of piperidine rings is 1. The lowest BCUT2D eigenvalue weighted by atomic mass is 10.00. The third-order valence-corrected chi connectivity index (χ3v) is 22.5. The van der Waals surface area contributed by atoms with Gasteiger partial charge in [0.15, 0.2) is 11.9 Å². The number of alkyl halides is 2.